The number of hydrogen-bond acceptors (Lipinski definition) is 4. The van der Waals surface area contributed by atoms with Gasteiger partial charge in [0.1, 0.15) is 5.76 Å². The third-order valence-electron chi connectivity index (χ3n) is 3.73. The summed E-state index contributed by atoms with van der Waals surface area (Å²) in [6.07, 6.45) is 4.04. The molecule has 1 aliphatic rings. The zero-order chi connectivity index (χ0) is 16.8. The Labute approximate surface area is 143 Å². The van der Waals surface area contributed by atoms with Gasteiger partial charge in [-0.3, -0.25) is 9.59 Å². The van der Waals surface area contributed by atoms with Gasteiger partial charge in [0.05, 0.1) is 11.8 Å². The number of hydrogen-bond donors (Lipinski definition) is 2. The number of carbonyl (C=O) groups is 2. The number of rotatable bonds is 5. The van der Waals surface area contributed by atoms with Crippen LogP contribution in [-0.2, 0) is 4.79 Å². The molecular formula is C17H19BrN2O3. The molecule has 2 rings (SSSR count). The minimum atomic E-state index is -0.374. The lowest BCUT2D eigenvalue weighted by Crippen LogP contribution is -2.22. The number of ketones is 1. The van der Waals surface area contributed by atoms with Crippen LogP contribution >= 0.6 is 15.9 Å². The van der Waals surface area contributed by atoms with Crippen molar-refractivity contribution in [3.63, 3.8) is 0 Å². The van der Waals surface area contributed by atoms with Crippen LogP contribution in [0.25, 0.3) is 0 Å². The van der Waals surface area contributed by atoms with E-state index in [1.807, 2.05) is 0 Å². The molecule has 5 nitrogen and oxygen atoms in total. The topological polar surface area (TPSA) is 78.8 Å². The van der Waals surface area contributed by atoms with E-state index in [0.29, 0.717) is 18.4 Å². The molecule has 0 spiro atoms. The summed E-state index contributed by atoms with van der Waals surface area (Å²) in [6.45, 7) is 2.06. The van der Waals surface area contributed by atoms with E-state index in [-0.39, 0.29) is 28.9 Å². The smallest absolute Gasteiger partial charge is 0.271 e. The SMILES string of the molecule is CCCC1CC(=O)C(/C=N/NC(=O)c2ccc(Br)cc2)=C(O)C1. The maximum Gasteiger partial charge on any atom is 0.271 e. The van der Waals surface area contributed by atoms with Gasteiger partial charge in [-0.15, -0.1) is 0 Å². The number of aliphatic hydroxyl groups is 1. The van der Waals surface area contributed by atoms with Gasteiger partial charge in [-0.05, 0) is 36.6 Å². The predicted octanol–water partition coefficient (Wildman–Crippen LogP) is 3.76. The van der Waals surface area contributed by atoms with Gasteiger partial charge in [-0.25, -0.2) is 5.43 Å². The van der Waals surface area contributed by atoms with Crippen LogP contribution in [0.4, 0.5) is 0 Å². The fraction of sp³-hybridized carbons (Fsp3) is 0.353. The molecule has 1 aromatic rings. The van der Waals surface area contributed by atoms with E-state index in [0.717, 1.165) is 17.3 Å². The number of carbonyl (C=O) groups excluding carboxylic acids is 2. The van der Waals surface area contributed by atoms with Crippen LogP contribution in [0.15, 0.2) is 45.2 Å². The number of hydrazone groups is 1. The summed E-state index contributed by atoms with van der Waals surface area (Å²) in [6, 6.07) is 6.83. The fourth-order valence-corrected chi connectivity index (χ4v) is 2.83. The van der Waals surface area contributed by atoms with Gasteiger partial charge in [0, 0.05) is 22.9 Å². The van der Waals surface area contributed by atoms with Gasteiger partial charge in [-0.2, -0.15) is 5.10 Å². The van der Waals surface area contributed by atoms with Crippen LogP contribution in [0.1, 0.15) is 43.0 Å². The van der Waals surface area contributed by atoms with Gasteiger partial charge in [-0.1, -0.05) is 29.3 Å². The Morgan fingerprint density at radius 2 is 2.09 bits per heavy atom. The number of nitrogens with one attached hydrogen (secondary N) is 1. The van der Waals surface area contributed by atoms with Crippen LogP contribution in [0.2, 0.25) is 0 Å². The second-order valence-corrected chi connectivity index (χ2v) is 6.47. The first kappa shape index (κ1) is 17.4. The van der Waals surface area contributed by atoms with E-state index < -0.39 is 0 Å². The van der Waals surface area contributed by atoms with E-state index in [1.165, 1.54) is 6.21 Å². The Balaban J connectivity index is 1.99. The first-order chi connectivity index (χ1) is 11.0. The lowest BCUT2D eigenvalue weighted by Gasteiger charge is -2.21. The van der Waals surface area contributed by atoms with Crippen molar-refractivity contribution in [3.8, 4) is 0 Å². The number of halogens is 1. The standard InChI is InChI=1S/C17H19BrN2O3/c1-2-3-11-8-15(21)14(16(22)9-11)10-19-20-17(23)12-4-6-13(18)7-5-12/h4-7,10-11,21H,2-3,8-9H2,1H3,(H,20,23)/b19-10+. The van der Waals surface area contributed by atoms with Crippen molar-refractivity contribution in [1.29, 1.82) is 0 Å². The van der Waals surface area contributed by atoms with E-state index in [2.05, 4.69) is 33.4 Å². The lowest BCUT2D eigenvalue weighted by molar-refractivity contribution is -0.116. The normalized spacial score (nSPS) is 18.5. The van der Waals surface area contributed by atoms with Gasteiger partial charge < -0.3 is 5.11 Å². The molecule has 0 saturated carbocycles. The second-order valence-electron chi connectivity index (χ2n) is 5.55. The van der Waals surface area contributed by atoms with Crippen LogP contribution in [-0.4, -0.2) is 23.0 Å². The van der Waals surface area contributed by atoms with Crippen molar-refractivity contribution in [2.75, 3.05) is 0 Å². The molecule has 0 bridgehead atoms. The molecular weight excluding hydrogens is 360 g/mol. The maximum atomic E-state index is 12.0. The Morgan fingerprint density at radius 1 is 1.39 bits per heavy atom. The van der Waals surface area contributed by atoms with E-state index in [4.69, 9.17) is 0 Å². The minimum absolute atomic E-state index is 0.0568. The summed E-state index contributed by atoms with van der Waals surface area (Å²) in [4.78, 5) is 23.9. The molecule has 0 radical (unpaired) electrons. The zero-order valence-electron chi connectivity index (χ0n) is 12.9. The molecule has 1 atom stereocenters. The highest BCUT2D eigenvalue weighted by atomic mass is 79.9. The molecule has 1 amide bonds. The largest absolute Gasteiger partial charge is 0.511 e. The summed E-state index contributed by atoms with van der Waals surface area (Å²) in [5.41, 5.74) is 3.01. The summed E-state index contributed by atoms with van der Waals surface area (Å²) < 4.78 is 0.877. The Morgan fingerprint density at radius 3 is 2.70 bits per heavy atom. The summed E-state index contributed by atoms with van der Waals surface area (Å²) in [5, 5.41) is 13.8. The fourth-order valence-electron chi connectivity index (χ4n) is 2.57. The van der Waals surface area contributed by atoms with Gasteiger partial charge in [0.15, 0.2) is 5.78 Å². The molecule has 1 unspecified atom stereocenters. The molecule has 2 N–H and O–H groups in total. The van der Waals surface area contributed by atoms with E-state index in [9.17, 15) is 14.7 Å². The zero-order valence-corrected chi connectivity index (χ0v) is 14.5. The molecule has 0 aromatic heterocycles. The first-order valence-electron chi connectivity index (χ1n) is 7.55. The van der Waals surface area contributed by atoms with Crippen molar-refractivity contribution >= 4 is 33.8 Å². The Kier molecular flexibility index (Phi) is 6.10. The number of allylic oxidation sites excluding steroid dienone is 2. The number of nitrogens with zero attached hydrogens (tertiary/aromatic N) is 1. The molecule has 0 aliphatic heterocycles. The third-order valence-corrected chi connectivity index (χ3v) is 4.26. The molecule has 0 saturated heterocycles. The quantitative estimate of drug-likeness (QED) is 0.604. The highest BCUT2D eigenvalue weighted by molar-refractivity contribution is 9.10. The number of benzene rings is 1. The van der Waals surface area contributed by atoms with Crippen LogP contribution in [0.5, 0.6) is 0 Å². The predicted molar refractivity (Wildman–Crippen MR) is 92.4 cm³/mol. The monoisotopic (exact) mass is 378 g/mol. The van der Waals surface area contributed by atoms with Gasteiger partial charge in [0.25, 0.3) is 5.91 Å². The number of amides is 1. The highest BCUT2D eigenvalue weighted by Gasteiger charge is 2.26. The molecule has 1 aromatic carbocycles. The summed E-state index contributed by atoms with van der Waals surface area (Å²) in [5.74, 6) is -0.252. The molecule has 0 heterocycles. The molecule has 0 fully saturated rings. The maximum absolute atomic E-state index is 12.0. The third kappa shape index (κ3) is 4.76. The lowest BCUT2D eigenvalue weighted by atomic mass is 9.85. The minimum Gasteiger partial charge on any atom is -0.511 e. The van der Waals surface area contributed by atoms with Crippen molar-refractivity contribution in [1.82, 2.24) is 5.43 Å². The van der Waals surface area contributed by atoms with E-state index >= 15 is 0 Å². The number of Topliss-reactive ketones (excluding diaryl/α,β-unsaturated/α-hetero) is 1. The molecule has 122 valence electrons. The molecule has 23 heavy (non-hydrogen) atoms. The van der Waals surface area contributed by atoms with Crippen molar-refractivity contribution in [2.24, 2.45) is 11.0 Å². The van der Waals surface area contributed by atoms with Gasteiger partial charge >= 0.3 is 0 Å². The summed E-state index contributed by atoms with van der Waals surface area (Å²) in [7, 11) is 0. The van der Waals surface area contributed by atoms with Crippen LogP contribution in [0.3, 0.4) is 0 Å². The van der Waals surface area contributed by atoms with Crippen LogP contribution < -0.4 is 5.43 Å². The van der Waals surface area contributed by atoms with E-state index in [1.54, 1.807) is 24.3 Å². The van der Waals surface area contributed by atoms with Crippen molar-refractivity contribution in [2.45, 2.75) is 32.6 Å². The first-order valence-corrected chi connectivity index (χ1v) is 8.34. The van der Waals surface area contributed by atoms with Gasteiger partial charge in [0.2, 0.25) is 0 Å². The van der Waals surface area contributed by atoms with Crippen LogP contribution in [0, 0.1) is 5.92 Å². The summed E-state index contributed by atoms with van der Waals surface area (Å²) >= 11 is 3.30. The average molecular weight is 379 g/mol. The highest BCUT2D eigenvalue weighted by Crippen LogP contribution is 2.27. The average Bonchev–Trinajstić information content (AvgIpc) is 2.51. The Hall–Kier alpha value is -1.95. The molecule has 6 heteroatoms. The molecule has 1 aliphatic carbocycles. The van der Waals surface area contributed by atoms with Crippen molar-refractivity contribution < 1.29 is 14.7 Å². The second kappa shape index (κ2) is 8.06. The van der Waals surface area contributed by atoms with Crippen molar-refractivity contribution in [3.05, 3.63) is 45.6 Å². The Bertz CT molecular complexity index is 650. The number of aliphatic hydroxyl groups excluding tert-OH is 1.